The summed E-state index contributed by atoms with van der Waals surface area (Å²) in [4.78, 5) is 18.4. The molecule has 1 amide bonds. The van der Waals surface area contributed by atoms with Crippen LogP contribution in [-0.4, -0.2) is 34.9 Å². The van der Waals surface area contributed by atoms with Crippen molar-refractivity contribution in [3.8, 4) is 0 Å². The van der Waals surface area contributed by atoms with Gasteiger partial charge in [0.25, 0.3) is 0 Å². The number of aromatic nitrogens is 1. The normalized spacial score (nSPS) is 27.9. The minimum atomic E-state index is 0.165. The molecule has 0 aliphatic carbocycles. The summed E-state index contributed by atoms with van der Waals surface area (Å²) in [5.74, 6) is 0.377. The topological polar surface area (TPSA) is 45.2 Å². The summed E-state index contributed by atoms with van der Waals surface area (Å²) in [5, 5.41) is 3.49. The number of rotatable bonds is 2. The van der Waals surface area contributed by atoms with Crippen LogP contribution in [0, 0.1) is 5.92 Å². The number of nitrogens with one attached hydrogen (secondary N) is 1. The predicted octanol–water partition coefficient (Wildman–Crippen LogP) is 1.45. The first kappa shape index (κ1) is 11.9. The number of halogens is 1. The molecule has 0 saturated carbocycles. The van der Waals surface area contributed by atoms with Gasteiger partial charge >= 0.3 is 0 Å². The molecule has 2 atom stereocenters. The van der Waals surface area contributed by atoms with Gasteiger partial charge in [-0.15, -0.1) is 0 Å². The highest BCUT2D eigenvalue weighted by Gasteiger charge is 2.40. The SMILES string of the molecule is O=C1NCC2C1CCCN2Cc1cccc(Cl)n1. The summed E-state index contributed by atoms with van der Waals surface area (Å²) in [6.07, 6.45) is 2.09. The quantitative estimate of drug-likeness (QED) is 0.824. The molecule has 0 spiro atoms. The van der Waals surface area contributed by atoms with E-state index < -0.39 is 0 Å². The van der Waals surface area contributed by atoms with Crippen LogP contribution >= 0.6 is 11.6 Å². The van der Waals surface area contributed by atoms with Gasteiger partial charge in [-0.25, -0.2) is 4.98 Å². The number of likely N-dealkylation sites (tertiary alicyclic amines) is 1. The lowest BCUT2D eigenvalue weighted by Gasteiger charge is -2.35. The first-order valence-corrected chi connectivity index (χ1v) is 6.75. The monoisotopic (exact) mass is 265 g/mol. The molecule has 5 heteroatoms. The summed E-state index contributed by atoms with van der Waals surface area (Å²) < 4.78 is 0. The standard InChI is InChI=1S/C13H16ClN3O/c14-12-5-1-3-9(16-12)8-17-6-2-4-10-11(17)7-15-13(10)18/h1,3,5,10-11H,2,4,6-8H2,(H,15,18). The van der Waals surface area contributed by atoms with Crippen molar-refractivity contribution >= 4 is 17.5 Å². The second-order valence-electron chi connectivity index (χ2n) is 4.98. The number of fused-ring (bicyclic) bond motifs is 1. The lowest BCUT2D eigenvalue weighted by molar-refractivity contribution is -0.124. The van der Waals surface area contributed by atoms with Gasteiger partial charge in [0.1, 0.15) is 5.15 Å². The van der Waals surface area contributed by atoms with E-state index in [1.54, 1.807) is 6.07 Å². The molecular formula is C13H16ClN3O. The number of hydrogen-bond donors (Lipinski definition) is 1. The first-order chi connectivity index (χ1) is 8.74. The van der Waals surface area contributed by atoms with Gasteiger partial charge in [-0.2, -0.15) is 0 Å². The molecular weight excluding hydrogens is 250 g/mol. The Bertz CT molecular complexity index is 465. The second kappa shape index (κ2) is 4.86. The lowest BCUT2D eigenvalue weighted by atomic mass is 9.91. The molecule has 2 aliphatic rings. The minimum Gasteiger partial charge on any atom is -0.354 e. The summed E-state index contributed by atoms with van der Waals surface area (Å²) in [6.45, 7) is 2.57. The molecule has 3 rings (SSSR count). The van der Waals surface area contributed by atoms with Crippen LogP contribution in [0.5, 0.6) is 0 Å². The largest absolute Gasteiger partial charge is 0.354 e. The van der Waals surface area contributed by atoms with Crippen molar-refractivity contribution in [1.82, 2.24) is 15.2 Å². The van der Waals surface area contributed by atoms with Crippen LogP contribution in [0.2, 0.25) is 5.15 Å². The fourth-order valence-corrected chi connectivity index (χ4v) is 3.16. The van der Waals surface area contributed by atoms with Gasteiger partial charge < -0.3 is 5.32 Å². The van der Waals surface area contributed by atoms with Gasteiger partial charge in [0.15, 0.2) is 0 Å². The molecule has 0 aromatic carbocycles. The average Bonchev–Trinajstić information content (AvgIpc) is 2.73. The molecule has 2 unspecified atom stereocenters. The Balaban J connectivity index is 1.74. The van der Waals surface area contributed by atoms with Gasteiger partial charge in [0.05, 0.1) is 11.6 Å². The summed E-state index contributed by atoms with van der Waals surface area (Å²) in [5.41, 5.74) is 0.975. The van der Waals surface area contributed by atoms with Crippen LogP contribution in [0.3, 0.4) is 0 Å². The number of pyridine rings is 1. The number of piperidine rings is 1. The fourth-order valence-electron chi connectivity index (χ4n) is 2.98. The molecule has 1 aromatic heterocycles. The van der Waals surface area contributed by atoms with Crippen molar-refractivity contribution in [2.24, 2.45) is 5.92 Å². The number of hydrogen-bond acceptors (Lipinski definition) is 3. The van der Waals surface area contributed by atoms with E-state index >= 15 is 0 Å². The maximum Gasteiger partial charge on any atom is 0.224 e. The minimum absolute atomic E-state index is 0.165. The summed E-state index contributed by atoms with van der Waals surface area (Å²) >= 11 is 5.90. The van der Waals surface area contributed by atoms with Crippen molar-refractivity contribution in [1.29, 1.82) is 0 Å². The molecule has 2 fully saturated rings. The Hall–Kier alpha value is -1.13. The van der Waals surface area contributed by atoms with Crippen molar-refractivity contribution in [3.63, 3.8) is 0 Å². The van der Waals surface area contributed by atoms with Gasteiger partial charge in [-0.05, 0) is 31.5 Å². The zero-order valence-corrected chi connectivity index (χ0v) is 10.9. The van der Waals surface area contributed by atoms with Crippen LogP contribution in [-0.2, 0) is 11.3 Å². The van der Waals surface area contributed by atoms with Crippen LogP contribution in [0.4, 0.5) is 0 Å². The fraction of sp³-hybridized carbons (Fsp3) is 0.538. The van der Waals surface area contributed by atoms with E-state index in [9.17, 15) is 4.79 Å². The summed E-state index contributed by atoms with van der Waals surface area (Å²) in [7, 11) is 0. The van der Waals surface area contributed by atoms with E-state index in [-0.39, 0.29) is 11.8 Å². The molecule has 0 radical (unpaired) electrons. The maximum atomic E-state index is 11.7. The number of carbonyl (C=O) groups excluding carboxylic acids is 1. The van der Waals surface area contributed by atoms with Crippen molar-refractivity contribution in [2.45, 2.75) is 25.4 Å². The van der Waals surface area contributed by atoms with E-state index in [1.165, 1.54) is 0 Å². The van der Waals surface area contributed by atoms with Crippen LogP contribution in [0.1, 0.15) is 18.5 Å². The Morgan fingerprint density at radius 2 is 2.39 bits per heavy atom. The average molecular weight is 266 g/mol. The van der Waals surface area contributed by atoms with Gasteiger partial charge in [-0.1, -0.05) is 17.7 Å². The second-order valence-corrected chi connectivity index (χ2v) is 5.37. The molecule has 18 heavy (non-hydrogen) atoms. The molecule has 4 nitrogen and oxygen atoms in total. The first-order valence-electron chi connectivity index (χ1n) is 6.37. The highest BCUT2D eigenvalue weighted by Crippen LogP contribution is 2.28. The third-order valence-electron chi connectivity index (χ3n) is 3.85. The lowest BCUT2D eigenvalue weighted by Crippen LogP contribution is -2.45. The zero-order valence-electron chi connectivity index (χ0n) is 10.1. The Labute approximate surface area is 111 Å². The van der Waals surface area contributed by atoms with Crippen LogP contribution in [0.15, 0.2) is 18.2 Å². The molecule has 0 bridgehead atoms. The molecule has 1 aromatic rings. The van der Waals surface area contributed by atoms with Gasteiger partial charge in [0.2, 0.25) is 5.91 Å². The van der Waals surface area contributed by atoms with Crippen molar-refractivity contribution < 1.29 is 4.79 Å². The third-order valence-corrected chi connectivity index (χ3v) is 4.06. The smallest absolute Gasteiger partial charge is 0.224 e. The summed E-state index contributed by atoms with van der Waals surface area (Å²) in [6, 6.07) is 6.01. The van der Waals surface area contributed by atoms with E-state index in [0.29, 0.717) is 11.2 Å². The van der Waals surface area contributed by atoms with Crippen molar-refractivity contribution in [2.75, 3.05) is 13.1 Å². The Kier molecular flexibility index (Phi) is 3.22. The van der Waals surface area contributed by atoms with E-state index in [1.807, 2.05) is 12.1 Å². The highest BCUT2D eigenvalue weighted by molar-refractivity contribution is 6.29. The van der Waals surface area contributed by atoms with Gasteiger partial charge in [0, 0.05) is 19.1 Å². The third kappa shape index (κ3) is 2.22. The van der Waals surface area contributed by atoms with Gasteiger partial charge in [-0.3, -0.25) is 9.69 Å². The Morgan fingerprint density at radius 1 is 1.50 bits per heavy atom. The van der Waals surface area contributed by atoms with Crippen molar-refractivity contribution in [3.05, 3.63) is 29.0 Å². The molecule has 2 aliphatic heterocycles. The van der Waals surface area contributed by atoms with Crippen LogP contribution in [0.25, 0.3) is 0 Å². The molecule has 2 saturated heterocycles. The highest BCUT2D eigenvalue weighted by atomic mass is 35.5. The molecule has 3 heterocycles. The number of carbonyl (C=O) groups is 1. The number of nitrogens with zero attached hydrogens (tertiary/aromatic N) is 2. The predicted molar refractivity (Wildman–Crippen MR) is 69.2 cm³/mol. The molecule has 1 N–H and O–H groups in total. The number of amides is 1. The van der Waals surface area contributed by atoms with E-state index in [4.69, 9.17) is 11.6 Å². The maximum absolute atomic E-state index is 11.7. The zero-order chi connectivity index (χ0) is 12.5. The van der Waals surface area contributed by atoms with E-state index in [2.05, 4.69) is 15.2 Å². The van der Waals surface area contributed by atoms with E-state index in [0.717, 1.165) is 38.2 Å². The van der Waals surface area contributed by atoms with Crippen LogP contribution < -0.4 is 5.32 Å². The molecule has 96 valence electrons. The Morgan fingerprint density at radius 3 is 3.22 bits per heavy atom.